The van der Waals surface area contributed by atoms with E-state index in [1.54, 1.807) is 19.9 Å². The van der Waals surface area contributed by atoms with Crippen LogP contribution in [-0.2, 0) is 20.4 Å². The lowest BCUT2D eigenvalue weighted by Crippen LogP contribution is -2.55. The van der Waals surface area contributed by atoms with Crippen LogP contribution in [0.15, 0.2) is 18.2 Å². The molecule has 1 N–H and O–H groups in total. The molecular formula is C21H21F3N2O4. The van der Waals surface area contributed by atoms with Crippen molar-refractivity contribution in [2.75, 3.05) is 11.5 Å². The van der Waals surface area contributed by atoms with Crippen LogP contribution in [0.2, 0.25) is 0 Å². The SMILES string of the molecule is C[C@]12C[C@@](C)(O)C(O1)C1CCO[C@H]3[C@@H]1[C@@H]2C(=O)N3c1ccc(C#N)c(C(F)(F)F)c1. The number of fused-ring (bicyclic) bond motifs is 4. The van der Waals surface area contributed by atoms with E-state index in [4.69, 9.17) is 14.7 Å². The molecule has 160 valence electrons. The van der Waals surface area contributed by atoms with Crippen LogP contribution in [0.5, 0.6) is 0 Å². The zero-order valence-corrected chi connectivity index (χ0v) is 16.4. The topological polar surface area (TPSA) is 82.8 Å². The van der Waals surface area contributed by atoms with Crippen molar-refractivity contribution in [3.63, 3.8) is 0 Å². The average molecular weight is 422 g/mol. The normalized spacial score (nSPS) is 42.2. The van der Waals surface area contributed by atoms with Crippen molar-refractivity contribution >= 4 is 11.6 Å². The van der Waals surface area contributed by atoms with Gasteiger partial charge in [0, 0.05) is 24.6 Å². The van der Waals surface area contributed by atoms with Gasteiger partial charge in [-0.2, -0.15) is 18.4 Å². The summed E-state index contributed by atoms with van der Waals surface area (Å²) in [6.07, 6.45) is -5.02. The molecular weight excluding hydrogens is 401 g/mol. The number of benzene rings is 1. The molecule has 9 heteroatoms. The van der Waals surface area contributed by atoms with Crippen molar-refractivity contribution in [2.24, 2.45) is 17.8 Å². The predicted molar refractivity (Wildman–Crippen MR) is 97.0 cm³/mol. The summed E-state index contributed by atoms with van der Waals surface area (Å²) in [6, 6.07) is 4.85. The minimum absolute atomic E-state index is 0.0533. The molecule has 30 heavy (non-hydrogen) atoms. The maximum atomic E-state index is 13.5. The summed E-state index contributed by atoms with van der Waals surface area (Å²) in [7, 11) is 0. The molecule has 4 fully saturated rings. The lowest BCUT2D eigenvalue weighted by molar-refractivity contribution is -0.206. The summed E-state index contributed by atoms with van der Waals surface area (Å²) in [4.78, 5) is 14.8. The summed E-state index contributed by atoms with van der Waals surface area (Å²) in [6.45, 7) is 3.82. The summed E-state index contributed by atoms with van der Waals surface area (Å²) >= 11 is 0. The van der Waals surface area contributed by atoms with Gasteiger partial charge in [-0.15, -0.1) is 0 Å². The first kappa shape index (κ1) is 19.8. The standard InChI is InChI=1S/C21H21F3N2O4/c1-19(28)9-20(2)15-14-12(16(19)30-20)5-6-29-18(14)26(17(15)27)11-4-3-10(8-25)13(7-11)21(22,23)24/h3-4,7,12,14-16,18,28H,5-6,9H2,1-2H3/t12?,14-,15+,16?,18-,19+,20+/m0/s1. The van der Waals surface area contributed by atoms with Crippen LogP contribution in [0.4, 0.5) is 18.9 Å². The lowest BCUT2D eigenvalue weighted by Gasteiger charge is -2.47. The Morgan fingerprint density at radius 2 is 2.07 bits per heavy atom. The molecule has 4 aliphatic rings. The maximum Gasteiger partial charge on any atom is 0.417 e. The molecule has 2 unspecified atom stereocenters. The van der Waals surface area contributed by atoms with Crippen molar-refractivity contribution in [3.05, 3.63) is 29.3 Å². The molecule has 4 aliphatic heterocycles. The van der Waals surface area contributed by atoms with Crippen molar-refractivity contribution in [3.8, 4) is 6.07 Å². The first-order chi connectivity index (χ1) is 14.0. The highest BCUT2D eigenvalue weighted by molar-refractivity contribution is 5.99. The first-order valence-electron chi connectivity index (χ1n) is 9.94. The fourth-order valence-electron chi connectivity index (χ4n) is 6.25. The van der Waals surface area contributed by atoms with Gasteiger partial charge in [-0.05, 0) is 44.4 Å². The Hall–Kier alpha value is -2.15. The predicted octanol–water partition coefficient (Wildman–Crippen LogP) is 2.83. The number of amides is 1. The zero-order valence-electron chi connectivity index (χ0n) is 16.4. The van der Waals surface area contributed by atoms with E-state index in [2.05, 4.69) is 0 Å². The highest BCUT2D eigenvalue weighted by Gasteiger charge is 2.71. The van der Waals surface area contributed by atoms with Gasteiger partial charge in [-0.25, -0.2) is 0 Å². The van der Waals surface area contributed by atoms with E-state index in [-0.39, 0.29) is 29.9 Å². The minimum atomic E-state index is -4.72. The van der Waals surface area contributed by atoms with Gasteiger partial charge in [0.25, 0.3) is 0 Å². The van der Waals surface area contributed by atoms with Crippen molar-refractivity contribution < 1.29 is 32.5 Å². The second kappa shape index (κ2) is 5.96. The second-order valence-corrected chi connectivity index (χ2v) is 9.20. The molecule has 1 aromatic carbocycles. The number of nitrogens with zero attached hydrogens (tertiary/aromatic N) is 2. The number of ether oxygens (including phenoxy) is 2. The highest BCUT2D eigenvalue weighted by atomic mass is 19.4. The quantitative estimate of drug-likeness (QED) is 0.753. The van der Waals surface area contributed by atoms with Crippen LogP contribution in [0.25, 0.3) is 0 Å². The number of hydrogen-bond acceptors (Lipinski definition) is 5. The van der Waals surface area contributed by atoms with Crippen LogP contribution >= 0.6 is 0 Å². The van der Waals surface area contributed by atoms with E-state index in [1.807, 2.05) is 0 Å². The van der Waals surface area contributed by atoms with Gasteiger partial charge in [-0.3, -0.25) is 9.69 Å². The number of hydrogen-bond donors (Lipinski definition) is 1. The van der Waals surface area contributed by atoms with Gasteiger partial charge >= 0.3 is 6.18 Å². The fourth-order valence-corrected chi connectivity index (χ4v) is 6.25. The summed E-state index contributed by atoms with van der Waals surface area (Å²) < 4.78 is 52.6. The number of halogens is 3. The van der Waals surface area contributed by atoms with Gasteiger partial charge in [0.2, 0.25) is 5.91 Å². The minimum Gasteiger partial charge on any atom is -0.387 e. The third kappa shape index (κ3) is 2.50. The monoisotopic (exact) mass is 422 g/mol. The summed E-state index contributed by atoms with van der Waals surface area (Å²) in [5.74, 6) is -1.40. The number of carbonyl (C=O) groups is 1. The van der Waals surface area contributed by atoms with Crippen LogP contribution in [0, 0.1) is 29.1 Å². The third-order valence-electron chi connectivity index (χ3n) is 7.18. The van der Waals surface area contributed by atoms with Crippen molar-refractivity contribution in [1.29, 1.82) is 5.26 Å². The Morgan fingerprint density at radius 1 is 1.33 bits per heavy atom. The molecule has 0 saturated carbocycles. The molecule has 0 aromatic heterocycles. The van der Waals surface area contributed by atoms with Gasteiger partial charge in [0.05, 0.1) is 40.4 Å². The summed E-state index contributed by atoms with van der Waals surface area (Å²) in [5, 5.41) is 20.0. The highest BCUT2D eigenvalue weighted by Crippen LogP contribution is 2.61. The van der Waals surface area contributed by atoms with Crippen molar-refractivity contribution in [2.45, 2.75) is 56.4 Å². The molecule has 1 amide bonds. The Balaban J connectivity index is 1.61. The maximum absolute atomic E-state index is 13.5. The Bertz CT molecular complexity index is 972. The molecule has 1 aromatic rings. The van der Waals surface area contributed by atoms with E-state index in [0.29, 0.717) is 13.0 Å². The summed E-state index contributed by atoms with van der Waals surface area (Å²) in [5.41, 5.74) is -3.51. The zero-order chi connectivity index (χ0) is 21.6. The smallest absolute Gasteiger partial charge is 0.387 e. The number of rotatable bonds is 1. The molecule has 5 rings (SSSR count). The van der Waals surface area contributed by atoms with Crippen LogP contribution < -0.4 is 4.90 Å². The van der Waals surface area contributed by atoms with E-state index < -0.39 is 46.8 Å². The second-order valence-electron chi connectivity index (χ2n) is 9.20. The molecule has 0 radical (unpaired) electrons. The van der Waals surface area contributed by atoms with Gasteiger partial charge in [-0.1, -0.05) is 0 Å². The number of aliphatic hydroxyl groups is 1. The number of anilines is 1. The molecule has 0 spiro atoms. The van der Waals surface area contributed by atoms with E-state index in [0.717, 1.165) is 12.1 Å². The van der Waals surface area contributed by atoms with E-state index >= 15 is 0 Å². The number of nitriles is 1. The molecule has 0 aliphatic carbocycles. The average Bonchev–Trinajstić information content (AvgIpc) is 3.07. The van der Waals surface area contributed by atoms with Crippen LogP contribution in [0.1, 0.15) is 37.8 Å². The Morgan fingerprint density at radius 3 is 2.73 bits per heavy atom. The fraction of sp³-hybridized carbons (Fsp3) is 0.619. The lowest BCUT2D eigenvalue weighted by atomic mass is 9.70. The third-order valence-corrected chi connectivity index (χ3v) is 7.18. The Labute approximate surface area is 171 Å². The van der Waals surface area contributed by atoms with E-state index in [9.17, 15) is 23.1 Å². The largest absolute Gasteiger partial charge is 0.417 e. The van der Waals surface area contributed by atoms with E-state index in [1.165, 1.54) is 11.0 Å². The number of carbonyl (C=O) groups excluding carboxylic acids is 1. The molecule has 4 saturated heterocycles. The van der Waals surface area contributed by atoms with Gasteiger partial charge < -0.3 is 14.6 Å². The van der Waals surface area contributed by atoms with Gasteiger partial charge in [0.1, 0.15) is 6.23 Å². The molecule has 2 bridgehead atoms. The molecule has 4 heterocycles. The van der Waals surface area contributed by atoms with Gasteiger partial charge in [0.15, 0.2) is 0 Å². The van der Waals surface area contributed by atoms with Crippen LogP contribution in [-0.4, -0.2) is 41.2 Å². The molecule has 6 nitrogen and oxygen atoms in total. The first-order valence-corrected chi connectivity index (χ1v) is 9.94. The van der Waals surface area contributed by atoms with Crippen LogP contribution in [0.3, 0.4) is 0 Å². The molecule has 7 atom stereocenters. The van der Waals surface area contributed by atoms with Crippen molar-refractivity contribution in [1.82, 2.24) is 0 Å². The number of alkyl halides is 3. The Kier molecular flexibility index (Phi) is 3.93.